The molecule has 2 bridgehead atoms. The highest BCUT2D eigenvalue weighted by molar-refractivity contribution is 7.86. The number of fused-ring (bicyclic) bond motifs is 2. The Labute approximate surface area is 192 Å². The van der Waals surface area contributed by atoms with Crippen molar-refractivity contribution in [3.63, 3.8) is 0 Å². The molecule has 3 fully saturated rings. The van der Waals surface area contributed by atoms with Crippen LogP contribution in [0.4, 0.5) is 20.6 Å². The molecule has 3 aliphatic rings. The lowest BCUT2D eigenvalue weighted by molar-refractivity contribution is 0.0303. The SMILES string of the molecule is COS(=O)(=O)c1ccc(C)cc1C1CN(c2ccc(N3CC4CCC(C3)O4)c(F)c2)C(=O)O1. The summed E-state index contributed by atoms with van der Waals surface area (Å²) in [6, 6.07) is 9.41. The summed E-state index contributed by atoms with van der Waals surface area (Å²) >= 11 is 0. The van der Waals surface area contributed by atoms with Gasteiger partial charge < -0.3 is 14.4 Å². The van der Waals surface area contributed by atoms with Crippen LogP contribution in [0.2, 0.25) is 0 Å². The van der Waals surface area contributed by atoms with Gasteiger partial charge in [-0.1, -0.05) is 17.7 Å². The van der Waals surface area contributed by atoms with Gasteiger partial charge in [0.25, 0.3) is 10.1 Å². The molecule has 0 aromatic heterocycles. The lowest BCUT2D eigenvalue weighted by atomic mass is 10.1. The Morgan fingerprint density at radius 1 is 1.06 bits per heavy atom. The van der Waals surface area contributed by atoms with Crippen molar-refractivity contribution in [2.24, 2.45) is 0 Å². The molecule has 0 saturated carbocycles. The smallest absolute Gasteiger partial charge is 0.415 e. The number of hydrogen-bond acceptors (Lipinski definition) is 7. The third-order valence-corrected chi connectivity index (χ3v) is 7.79. The Hall–Kier alpha value is -2.69. The molecule has 2 aromatic rings. The Kier molecular flexibility index (Phi) is 5.54. The van der Waals surface area contributed by atoms with Crippen LogP contribution < -0.4 is 9.80 Å². The van der Waals surface area contributed by atoms with Crippen molar-refractivity contribution in [2.75, 3.05) is 36.5 Å². The lowest BCUT2D eigenvalue weighted by Crippen LogP contribution is -2.43. The summed E-state index contributed by atoms with van der Waals surface area (Å²) in [6.07, 6.45) is 0.727. The average Bonchev–Trinajstić information content (AvgIpc) is 3.34. The van der Waals surface area contributed by atoms with E-state index in [0.29, 0.717) is 30.0 Å². The zero-order valence-corrected chi connectivity index (χ0v) is 19.2. The van der Waals surface area contributed by atoms with Crippen LogP contribution in [0.25, 0.3) is 0 Å². The van der Waals surface area contributed by atoms with Crippen molar-refractivity contribution in [2.45, 2.75) is 43.0 Å². The van der Waals surface area contributed by atoms with Crippen molar-refractivity contribution in [1.82, 2.24) is 0 Å². The Bertz CT molecular complexity index is 1190. The number of carbonyl (C=O) groups excluding carboxylic acids is 1. The van der Waals surface area contributed by atoms with Crippen molar-refractivity contribution in [3.8, 4) is 0 Å². The molecule has 0 N–H and O–H groups in total. The topological polar surface area (TPSA) is 85.4 Å². The first-order valence-corrected chi connectivity index (χ1v) is 12.3. The normalized spacial score (nSPS) is 24.9. The van der Waals surface area contributed by atoms with Gasteiger partial charge in [0, 0.05) is 18.7 Å². The van der Waals surface area contributed by atoms with E-state index >= 15 is 4.39 Å². The van der Waals surface area contributed by atoms with Gasteiger partial charge in [-0.25, -0.2) is 9.18 Å². The van der Waals surface area contributed by atoms with E-state index in [9.17, 15) is 13.2 Å². The van der Waals surface area contributed by atoms with E-state index in [4.69, 9.17) is 9.47 Å². The number of carbonyl (C=O) groups is 1. The number of halogens is 1. The van der Waals surface area contributed by atoms with E-state index in [2.05, 4.69) is 4.18 Å². The van der Waals surface area contributed by atoms with E-state index in [1.807, 2.05) is 11.8 Å². The quantitative estimate of drug-likeness (QED) is 0.611. The summed E-state index contributed by atoms with van der Waals surface area (Å²) in [5.74, 6) is -0.428. The van der Waals surface area contributed by atoms with Crippen LogP contribution in [-0.2, 0) is 23.8 Å². The molecule has 10 heteroatoms. The molecule has 33 heavy (non-hydrogen) atoms. The van der Waals surface area contributed by atoms with E-state index in [1.165, 1.54) is 17.0 Å². The molecule has 3 atom stereocenters. The first kappa shape index (κ1) is 22.1. The highest BCUT2D eigenvalue weighted by atomic mass is 32.2. The third kappa shape index (κ3) is 4.07. The van der Waals surface area contributed by atoms with Crippen LogP contribution in [0.5, 0.6) is 0 Å². The standard InChI is InChI=1S/C23H25FN2O6S/c1-14-3-8-22(33(28,29)30-2)18(9-14)21-13-26(23(27)32-21)15-4-7-20(19(24)10-15)25-11-16-5-6-17(12-25)31-16/h3-4,7-10,16-17,21H,5-6,11-13H2,1-2H3. The van der Waals surface area contributed by atoms with E-state index in [1.54, 1.807) is 24.3 Å². The van der Waals surface area contributed by atoms with Gasteiger partial charge in [0.15, 0.2) is 0 Å². The van der Waals surface area contributed by atoms with Gasteiger partial charge in [-0.15, -0.1) is 0 Å². The number of cyclic esters (lactones) is 1. The molecule has 0 radical (unpaired) electrons. The second kappa shape index (κ2) is 8.27. The monoisotopic (exact) mass is 476 g/mol. The lowest BCUT2D eigenvalue weighted by Gasteiger charge is -2.34. The van der Waals surface area contributed by atoms with Crippen molar-refractivity contribution < 1.29 is 31.3 Å². The van der Waals surface area contributed by atoms with E-state index in [0.717, 1.165) is 25.5 Å². The molecule has 2 aromatic carbocycles. The molecule has 8 nitrogen and oxygen atoms in total. The van der Waals surface area contributed by atoms with Gasteiger partial charge in [0.05, 0.1) is 37.2 Å². The third-order valence-electron chi connectivity index (χ3n) is 6.44. The summed E-state index contributed by atoms with van der Waals surface area (Å²) in [4.78, 5) is 15.9. The molecule has 3 heterocycles. The van der Waals surface area contributed by atoms with Gasteiger partial charge in [0.1, 0.15) is 16.8 Å². The van der Waals surface area contributed by atoms with Crippen molar-refractivity contribution >= 4 is 27.6 Å². The first-order chi connectivity index (χ1) is 15.7. The maximum absolute atomic E-state index is 15.1. The minimum atomic E-state index is -4.00. The zero-order chi connectivity index (χ0) is 23.3. The predicted octanol–water partition coefficient (Wildman–Crippen LogP) is 3.53. The van der Waals surface area contributed by atoms with Gasteiger partial charge in [-0.05, 0) is 44.0 Å². The van der Waals surface area contributed by atoms with Crippen LogP contribution in [0.15, 0.2) is 41.3 Å². The maximum Gasteiger partial charge on any atom is 0.415 e. The van der Waals surface area contributed by atoms with Gasteiger partial charge in [-0.2, -0.15) is 8.42 Å². The number of rotatable bonds is 5. The largest absolute Gasteiger partial charge is 0.439 e. The van der Waals surface area contributed by atoms with Gasteiger partial charge in [0.2, 0.25) is 0 Å². The molecule has 0 aliphatic carbocycles. The number of morpholine rings is 1. The molecule has 3 aliphatic heterocycles. The fraction of sp³-hybridized carbons (Fsp3) is 0.435. The summed E-state index contributed by atoms with van der Waals surface area (Å²) in [5, 5.41) is 0. The van der Waals surface area contributed by atoms with E-state index in [-0.39, 0.29) is 23.6 Å². The molecule has 3 saturated heterocycles. The van der Waals surface area contributed by atoms with Crippen LogP contribution in [0, 0.1) is 12.7 Å². The van der Waals surface area contributed by atoms with Crippen LogP contribution in [-0.4, -0.2) is 53.5 Å². The van der Waals surface area contributed by atoms with Crippen molar-refractivity contribution in [1.29, 1.82) is 0 Å². The fourth-order valence-electron chi connectivity index (χ4n) is 4.80. The second-order valence-electron chi connectivity index (χ2n) is 8.64. The first-order valence-electron chi connectivity index (χ1n) is 10.8. The summed E-state index contributed by atoms with van der Waals surface area (Å²) in [7, 11) is -2.92. The Morgan fingerprint density at radius 3 is 2.45 bits per heavy atom. The number of aryl methyl sites for hydroxylation is 1. The maximum atomic E-state index is 15.1. The van der Waals surface area contributed by atoms with E-state index < -0.39 is 28.1 Å². The highest BCUT2D eigenvalue weighted by Crippen LogP contribution is 2.37. The number of anilines is 2. The van der Waals surface area contributed by atoms with Gasteiger partial charge >= 0.3 is 6.09 Å². The number of hydrogen-bond donors (Lipinski definition) is 0. The summed E-state index contributed by atoms with van der Waals surface area (Å²) in [6.45, 7) is 3.15. The second-order valence-corrected chi connectivity index (χ2v) is 10.3. The average molecular weight is 477 g/mol. The minimum absolute atomic E-state index is 0.0506. The Morgan fingerprint density at radius 2 is 1.79 bits per heavy atom. The Balaban J connectivity index is 1.40. The molecule has 3 unspecified atom stereocenters. The van der Waals surface area contributed by atoms with Crippen LogP contribution in [0.3, 0.4) is 0 Å². The molecule has 5 rings (SSSR count). The minimum Gasteiger partial charge on any atom is -0.439 e. The predicted molar refractivity (Wildman–Crippen MR) is 118 cm³/mol. The number of nitrogens with zero attached hydrogens (tertiary/aromatic N) is 2. The summed E-state index contributed by atoms with van der Waals surface area (Å²) in [5.41, 5.74) is 1.97. The molecular weight excluding hydrogens is 451 g/mol. The molecule has 1 amide bonds. The molecule has 0 spiro atoms. The molecule has 176 valence electrons. The zero-order valence-electron chi connectivity index (χ0n) is 18.4. The number of ether oxygens (including phenoxy) is 2. The van der Waals surface area contributed by atoms with Crippen LogP contribution >= 0.6 is 0 Å². The number of amides is 1. The highest BCUT2D eigenvalue weighted by Gasteiger charge is 2.38. The van der Waals surface area contributed by atoms with Gasteiger partial charge in [-0.3, -0.25) is 9.08 Å². The molecular formula is C23H25FN2O6S. The number of benzene rings is 2. The van der Waals surface area contributed by atoms with Crippen molar-refractivity contribution in [3.05, 3.63) is 53.3 Å². The van der Waals surface area contributed by atoms with Crippen LogP contribution in [0.1, 0.15) is 30.1 Å². The summed E-state index contributed by atoms with van der Waals surface area (Å²) < 4.78 is 55.8. The fourth-order valence-corrected chi connectivity index (χ4v) is 5.70.